The molecule has 2 aliphatic heterocycles. The summed E-state index contributed by atoms with van der Waals surface area (Å²) in [6, 6.07) is 0. The molecule has 0 aromatic rings. The fraction of sp³-hybridized carbons (Fsp3) is 1.00. The van der Waals surface area contributed by atoms with E-state index in [0.717, 1.165) is 11.8 Å². The smallest absolute Gasteiger partial charge is 0.00220 e. The Morgan fingerprint density at radius 1 is 0.846 bits per heavy atom. The summed E-state index contributed by atoms with van der Waals surface area (Å²) in [5.41, 5.74) is 0. The van der Waals surface area contributed by atoms with E-state index in [4.69, 9.17) is 0 Å². The molecule has 2 rings (SSSR count). The van der Waals surface area contributed by atoms with E-state index in [-0.39, 0.29) is 0 Å². The van der Waals surface area contributed by atoms with E-state index in [1.54, 1.807) is 0 Å². The fourth-order valence-corrected chi connectivity index (χ4v) is 3.01. The highest BCUT2D eigenvalue weighted by molar-refractivity contribution is 4.86. The SMILES string of the molecule is CCN1CC2CC(C1)CN(CC)C2. The largest absolute Gasteiger partial charge is 0.303 e. The van der Waals surface area contributed by atoms with Gasteiger partial charge in [-0.1, -0.05) is 13.8 Å². The molecule has 0 atom stereocenters. The third kappa shape index (κ3) is 2.05. The molecule has 2 fully saturated rings. The highest BCUT2D eigenvalue weighted by atomic mass is 15.2. The number of piperidine rings is 2. The van der Waals surface area contributed by atoms with Gasteiger partial charge in [0.2, 0.25) is 0 Å². The van der Waals surface area contributed by atoms with E-state index < -0.39 is 0 Å². The molecule has 0 spiro atoms. The molecule has 0 unspecified atom stereocenters. The van der Waals surface area contributed by atoms with Crippen LogP contribution >= 0.6 is 0 Å². The second-order valence-corrected chi connectivity index (χ2v) is 4.67. The molecule has 0 aromatic carbocycles. The molecule has 76 valence electrons. The Kier molecular flexibility index (Phi) is 2.89. The van der Waals surface area contributed by atoms with Crippen LogP contribution in [0.2, 0.25) is 0 Å². The van der Waals surface area contributed by atoms with Gasteiger partial charge in [-0.25, -0.2) is 0 Å². The van der Waals surface area contributed by atoms with Crippen LogP contribution in [0.4, 0.5) is 0 Å². The lowest BCUT2D eigenvalue weighted by atomic mass is 9.85. The molecule has 2 aliphatic rings. The second-order valence-electron chi connectivity index (χ2n) is 4.67. The number of rotatable bonds is 2. The molecule has 2 heteroatoms. The fourth-order valence-electron chi connectivity index (χ4n) is 3.01. The molecule has 0 N–H and O–H groups in total. The summed E-state index contributed by atoms with van der Waals surface area (Å²) >= 11 is 0. The van der Waals surface area contributed by atoms with Gasteiger partial charge in [0.15, 0.2) is 0 Å². The molecule has 0 radical (unpaired) electrons. The van der Waals surface area contributed by atoms with Crippen molar-refractivity contribution in [3.63, 3.8) is 0 Å². The summed E-state index contributed by atoms with van der Waals surface area (Å²) < 4.78 is 0. The number of hydrogen-bond donors (Lipinski definition) is 0. The predicted octanol–water partition coefficient (Wildman–Crippen LogP) is 1.28. The zero-order valence-corrected chi connectivity index (χ0v) is 9.00. The van der Waals surface area contributed by atoms with Crippen molar-refractivity contribution in [2.45, 2.75) is 20.3 Å². The maximum Gasteiger partial charge on any atom is 0.00220 e. The van der Waals surface area contributed by atoms with Crippen molar-refractivity contribution >= 4 is 0 Å². The lowest BCUT2D eigenvalue weighted by Crippen LogP contribution is -2.52. The molecule has 13 heavy (non-hydrogen) atoms. The van der Waals surface area contributed by atoms with Gasteiger partial charge in [-0.3, -0.25) is 0 Å². The topological polar surface area (TPSA) is 6.48 Å². The molecule has 0 aliphatic carbocycles. The average molecular weight is 182 g/mol. The first-order valence-electron chi connectivity index (χ1n) is 5.76. The molecule has 0 saturated carbocycles. The van der Waals surface area contributed by atoms with Crippen LogP contribution in [0.3, 0.4) is 0 Å². The highest BCUT2D eigenvalue weighted by Gasteiger charge is 2.32. The van der Waals surface area contributed by atoms with E-state index in [1.165, 1.54) is 45.7 Å². The number of likely N-dealkylation sites (tertiary alicyclic amines) is 2. The third-order valence-electron chi connectivity index (χ3n) is 3.63. The Labute approximate surface area is 81.9 Å². The van der Waals surface area contributed by atoms with Crippen LogP contribution in [0, 0.1) is 11.8 Å². The molecule has 2 nitrogen and oxygen atoms in total. The van der Waals surface area contributed by atoms with Crippen LogP contribution in [0.1, 0.15) is 20.3 Å². The van der Waals surface area contributed by atoms with Crippen molar-refractivity contribution < 1.29 is 0 Å². The van der Waals surface area contributed by atoms with Gasteiger partial charge < -0.3 is 9.80 Å². The zero-order chi connectivity index (χ0) is 9.26. The molecule has 0 aromatic heterocycles. The van der Waals surface area contributed by atoms with Crippen molar-refractivity contribution in [2.75, 3.05) is 39.3 Å². The van der Waals surface area contributed by atoms with Crippen LogP contribution in [-0.4, -0.2) is 49.1 Å². The lowest BCUT2D eigenvalue weighted by molar-refractivity contribution is 0.0364. The summed E-state index contributed by atoms with van der Waals surface area (Å²) in [4.78, 5) is 5.26. The quantitative estimate of drug-likeness (QED) is 0.635. The number of hydrogen-bond acceptors (Lipinski definition) is 2. The first-order chi connectivity index (χ1) is 6.31. The highest BCUT2D eigenvalue weighted by Crippen LogP contribution is 2.27. The molecule has 2 saturated heterocycles. The van der Waals surface area contributed by atoms with Crippen molar-refractivity contribution in [1.82, 2.24) is 9.80 Å². The van der Waals surface area contributed by atoms with Gasteiger partial charge in [-0.05, 0) is 31.3 Å². The van der Waals surface area contributed by atoms with E-state index in [1.807, 2.05) is 0 Å². The minimum atomic E-state index is 0.965. The van der Waals surface area contributed by atoms with Crippen molar-refractivity contribution in [3.8, 4) is 0 Å². The normalized spacial score (nSPS) is 36.5. The summed E-state index contributed by atoms with van der Waals surface area (Å²) in [5, 5.41) is 0. The number of nitrogens with zero attached hydrogens (tertiary/aromatic N) is 2. The van der Waals surface area contributed by atoms with Crippen molar-refractivity contribution in [3.05, 3.63) is 0 Å². The Hall–Kier alpha value is -0.0800. The Balaban J connectivity index is 1.93. The summed E-state index contributed by atoms with van der Waals surface area (Å²) in [5.74, 6) is 1.93. The van der Waals surface area contributed by atoms with Crippen LogP contribution < -0.4 is 0 Å². The molecular weight excluding hydrogens is 160 g/mol. The van der Waals surface area contributed by atoms with Gasteiger partial charge in [0.25, 0.3) is 0 Å². The summed E-state index contributed by atoms with van der Waals surface area (Å²) in [6.07, 6.45) is 1.49. The predicted molar refractivity (Wildman–Crippen MR) is 55.8 cm³/mol. The van der Waals surface area contributed by atoms with E-state index in [9.17, 15) is 0 Å². The van der Waals surface area contributed by atoms with Gasteiger partial charge in [-0.15, -0.1) is 0 Å². The molecule has 0 amide bonds. The minimum Gasteiger partial charge on any atom is -0.303 e. The van der Waals surface area contributed by atoms with Crippen molar-refractivity contribution in [1.29, 1.82) is 0 Å². The standard InChI is InChI=1S/C11H22N2/c1-3-12-6-10-5-11(7-12)9-13(4-2)8-10/h10-11H,3-9H2,1-2H3. The van der Waals surface area contributed by atoms with Crippen LogP contribution in [0.15, 0.2) is 0 Å². The maximum absolute atomic E-state index is 2.63. The zero-order valence-electron chi connectivity index (χ0n) is 9.00. The summed E-state index contributed by atoms with van der Waals surface area (Å²) in [7, 11) is 0. The lowest BCUT2D eigenvalue weighted by Gasteiger charge is -2.45. The monoisotopic (exact) mass is 182 g/mol. The minimum absolute atomic E-state index is 0.965. The van der Waals surface area contributed by atoms with E-state index >= 15 is 0 Å². The first-order valence-corrected chi connectivity index (χ1v) is 5.76. The summed E-state index contributed by atoms with van der Waals surface area (Å²) in [6.45, 7) is 12.5. The Morgan fingerprint density at radius 3 is 1.54 bits per heavy atom. The van der Waals surface area contributed by atoms with Gasteiger partial charge in [-0.2, -0.15) is 0 Å². The van der Waals surface area contributed by atoms with Crippen LogP contribution in [0.5, 0.6) is 0 Å². The first kappa shape index (κ1) is 9.47. The van der Waals surface area contributed by atoms with Gasteiger partial charge in [0, 0.05) is 26.2 Å². The van der Waals surface area contributed by atoms with Crippen LogP contribution in [-0.2, 0) is 0 Å². The third-order valence-corrected chi connectivity index (χ3v) is 3.63. The Bertz CT molecular complexity index is 139. The van der Waals surface area contributed by atoms with Gasteiger partial charge in [0.1, 0.15) is 0 Å². The van der Waals surface area contributed by atoms with Gasteiger partial charge in [0.05, 0.1) is 0 Å². The van der Waals surface area contributed by atoms with E-state index in [2.05, 4.69) is 23.6 Å². The number of fused-ring (bicyclic) bond motifs is 2. The molecule has 2 heterocycles. The average Bonchev–Trinajstić information content (AvgIpc) is 2.16. The van der Waals surface area contributed by atoms with Crippen LogP contribution in [0.25, 0.3) is 0 Å². The van der Waals surface area contributed by atoms with Crippen molar-refractivity contribution in [2.24, 2.45) is 11.8 Å². The van der Waals surface area contributed by atoms with E-state index in [0.29, 0.717) is 0 Å². The second kappa shape index (κ2) is 3.97. The maximum atomic E-state index is 2.63. The molecule has 2 bridgehead atoms. The Morgan fingerprint density at radius 2 is 1.23 bits per heavy atom. The van der Waals surface area contributed by atoms with Gasteiger partial charge >= 0.3 is 0 Å². The molecular formula is C11H22N2.